The molecular weight excluding hydrogens is 278 g/mol. The number of amides is 2. The van der Waals surface area contributed by atoms with Gasteiger partial charge in [0.2, 0.25) is 5.91 Å². The van der Waals surface area contributed by atoms with Gasteiger partial charge in [0.15, 0.2) is 0 Å². The van der Waals surface area contributed by atoms with Gasteiger partial charge in [-0.25, -0.2) is 5.43 Å². The largest absolute Gasteiger partial charge is 0.351 e. The Hall–Kier alpha value is -2.17. The van der Waals surface area contributed by atoms with E-state index in [9.17, 15) is 9.59 Å². The van der Waals surface area contributed by atoms with E-state index in [0.717, 1.165) is 12.8 Å². The Morgan fingerprint density at radius 1 is 1.23 bits per heavy atom. The average molecular weight is 301 g/mol. The molecule has 1 aliphatic heterocycles. The van der Waals surface area contributed by atoms with Crippen LogP contribution in [-0.4, -0.2) is 24.1 Å². The van der Waals surface area contributed by atoms with Crippen molar-refractivity contribution in [2.45, 2.75) is 39.5 Å². The molecule has 2 amide bonds. The zero-order valence-corrected chi connectivity index (χ0v) is 13.2. The molecule has 0 aliphatic carbocycles. The topological polar surface area (TPSA) is 70.6 Å². The highest BCUT2D eigenvalue weighted by Crippen LogP contribution is 2.10. The summed E-state index contributed by atoms with van der Waals surface area (Å²) in [5.41, 5.74) is 5.27. The van der Waals surface area contributed by atoms with Gasteiger partial charge in [-0.15, -0.1) is 0 Å². The average Bonchev–Trinajstić information content (AvgIpc) is 2.49. The van der Waals surface area contributed by atoms with Crippen LogP contribution in [0.1, 0.15) is 37.8 Å². The number of carbonyl (C=O) groups is 2. The molecule has 0 saturated carbocycles. The molecule has 2 rings (SSSR count). The SMILES string of the molecule is CC(C)Cc1ccc(CCNC(=O)C2=NNC(=O)CC2)cc1. The molecule has 22 heavy (non-hydrogen) atoms. The van der Waals surface area contributed by atoms with Crippen LogP contribution in [0.4, 0.5) is 0 Å². The molecule has 1 aromatic rings. The molecule has 0 spiro atoms. The van der Waals surface area contributed by atoms with Crippen molar-refractivity contribution in [1.29, 1.82) is 0 Å². The van der Waals surface area contributed by atoms with Crippen LogP contribution < -0.4 is 10.7 Å². The van der Waals surface area contributed by atoms with Crippen LogP contribution in [0.15, 0.2) is 29.4 Å². The monoisotopic (exact) mass is 301 g/mol. The van der Waals surface area contributed by atoms with Crippen LogP contribution in [0.3, 0.4) is 0 Å². The van der Waals surface area contributed by atoms with Gasteiger partial charge in [0.25, 0.3) is 5.91 Å². The third-order valence-corrected chi connectivity index (χ3v) is 3.53. The van der Waals surface area contributed by atoms with Gasteiger partial charge in [0, 0.05) is 19.4 Å². The second-order valence-electron chi connectivity index (χ2n) is 6.01. The molecule has 0 fully saturated rings. The number of hydrogen-bond acceptors (Lipinski definition) is 3. The zero-order chi connectivity index (χ0) is 15.9. The molecule has 1 aromatic carbocycles. The Morgan fingerprint density at radius 2 is 1.91 bits per heavy atom. The molecule has 2 N–H and O–H groups in total. The van der Waals surface area contributed by atoms with Gasteiger partial charge < -0.3 is 5.32 Å². The number of carbonyl (C=O) groups excluding carboxylic acids is 2. The second-order valence-corrected chi connectivity index (χ2v) is 6.01. The lowest BCUT2D eigenvalue weighted by atomic mass is 10.0. The van der Waals surface area contributed by atoms with Crippen molar-refractivity contribution in [3.8, 4) is 0 Å². The number of hydrazone groups is 1. The summed E-state index contributed by atoms with van der Waals surface area (Å²) in [6, 6.07) is 8.53. The minimum absolute atomic E-state index is 0.141. The van der Waals surface area contributed by atoms with Crippen molar-refractivity contribution in [3.63, 3.8) is 0 Å². The fourth-order valence-corrected chi connectivity index (χ4v) is 2.37. The molecule has 1 aliphatic rings. The van der Waals surface area contributed by atoms with E-state index in [1.54, 1.807) is 0 Å². The predicted octanol–water partition coefficient (Wildman–Crippen LogP) is 1.81. The molecule has 0 unspecified atom stereocenters. The summed E-state index contributed by atoms with van der Waals surface area (Å²) in [4.78, 5) is 22.9. The quantitative estimate of drug-likeness (QED) is 0.841. The lowest BCUT2D eigenvalue weighted by Gasteiger charge is -2.12. The van der Waals surface area contributed by atoms with Gasteiger partial charge in [-0.3, -0.25) is 9.59 Å². The molecule has 0 aromatic heterocycles. The molecule has 118 valence electrons. The molecule has 0 bridgehead atoms. The van der Waals surface area contributed by atoms with Gasteiger partial charge in [-0.05, 0) is 29.9 Å². The van der Waals surface area contributed by atoms with E-state index in [1.165, 1.54) is 11.1 Å². The third-order valence-electron chi connectivity index (χ3n) is 3.53. The summed E-state index contributed by atoms with van der Waals surface area (Å²) in [6.07, 6.45) is 2.60. The van der Waals surface area contributed by atoms with Crippen LogP contribution in [0.2, 0.25) is 0 Å². The van der Waals surface area contributed by atoms with E-state index < -0.39 is 0 Å². The lowest BCUT2D eigenvalue weighted by Crippen LogP contribution is -2.37. The highest BCUT2D eigenvalue weighted by Gasteiger charge is 2.17. The van der Waals surface area contributed by atoms with E-state index in [-0.39, 0.29) is 11.8 Å². The number of nitrogens with one attached hydrogen (secondary N) is 2. The molecule has 5 nitrogen and oxygen atoms in total. The minimum atomic E-state index is -0.198. The summed E-state index contributed by atoms with van der Waals surface area (Å²) < 4.78 is 0. The Balaban J connectivity index is 1.76. The second kappa shape index (κ2) is 7.73. The first-order valence-corrected chi connectivity index (χ1v) is 7.76. The Labute approximate surface area is 131 Å². The molecule has 0 atom stereocenters. The summed E-state index contributed by atoms with van der Waals surface area (Å²) >= 11 is 0. The fraction of sp³-hybridized carbons (Fsp3) is 0.471. The Morgan fingerprint density at radius 3 is 2.50 bits per heavy atom. The van der Waals surface area contributed by atoms with Crippen LogP contribution >= 0.6 is 0 Å². The first-order chi connectivity index (χ1) is 10.5. The van der Waals surface area contributed by atoms with E-state index in [2.05, 4.69) is 54.0 Å². The maximum absolute atomic E-state index is 11.9. The van der Waals surface area contributed by atoms with Crippen molar-refractivity contribution in [2.24, 2.45) is 11.0 Å². The van der Waals surface area contributed by atoms with Crippen molar-refractivity contribution in [3.05, 3.63) is 35.4 Å². The summed E-state index contributed by atoms with van der Waals surface area (Å²) in [5, 5.41) is 6.62. The first kappa shape index (κ1) is 16.2. The van der Waals surface area contributed by atoms with Crippen molar-refractivity contribution in [1.82, 2.24) is 10.7 Å². The van der Waals surface area contributed by atoms with Crippen LogP contribution in [0.25, 0.3) is 0 Å². The molecule has 1 heterocycles. The number of hydrogen-bond donors (Lipinski definition) is 2. The van der Waals surface area contributed by atoms with E-state index >= 15 is 0 Å². The smallest absolute Gasteiger partial charge is 0.267 e. The Bertz CT molecular complexity index is 562. The van der Waals surface area contributed by atoms with Gasteiger partial charge in [0.05, 0.1) is 0 Å². The summed E-state index contributed by atoms with van der Waals surface area (Å²) in [6.45, 7) is 4.98. The Kier molecular flexibility index (Phi) is 5.69. The number of rotatable bonds is 6. The molecular formula is C17H23N3O2. The molecule has 5 heteroatoms. The summed E-state index contributed by atoms with van der Waals surface area (Å²) in [5.74, 6) is 0.316. The van der Waals surface area contributed by atoms with Crippen molar-refractivity contribution in [2.75, 3.05) is 6.54 Å². The zero-order valence-electron chi connectivity index (χ0n) is 13.2. The predicted molar refractivity (Wildman–Crippen MR) is 86.5 cm³/mol. The van der Waals surface area contributed by atoms with E-state index in [0.29, 0.717) is 31.0 Å². The van der Waals surface area contributed by atoms with Crippen molar-refractivity contribution < 1.29 is 9.59 Å². The fourth-order valence-electron chi connectivity index (χ4n) is 2.37. The maximum atomic E-state index is 11.9. The number of nitrogens with zero attached hydrogens (tertiary/aromatic N) is 1. The molecule has 0 radical (unpaired) electrons. The van der Waals surface area contributed by atoms with Crippen molar-refractivity contribution >= 4 is 17.5 Å². The lowest BCUT2D eigenvalue weighted by molar-refractivity contribution is -0.121. The number of benzene rings is 1. The van der Waals surface area contributed by atoms with E-state index in [1.807, 2.05) is 0 Å². The minimum Gasteiger partial charge on any atom is -0.351 e. The van der Waals surface area contributed by atoms with Crippen LogP contribution in [0.5, 0.6) is 0 Å². The molecule has 0 saturated heterocycles. The highest BCUT2D eigenvalue weighted by atomic mass is 16.2. The van der Waals surface area contributed by atoms with Gasteiger partial charge >= 0.3 is 0 Å². The normalized spacial score (nSPS) is 14.5. The summed E-state index contributed by atoms with van der Waals surface area (Å²) in [7, 11) is 0. The standard InChI is InChI=1S/C17H23N3O2/c1-12(2)11-14-5-3-13(4-6-14)9-10-18-17(22)15-7-8-16(21)20-19-15/h3-6,12H,7-11H2,1-2H3,(H,18,22)(H,20,21). The van der Waals surface area contributed by atoms with E-state index in [4.69, 9.17) is 0 Å². The highest BCUT2D eigenvalue weighted by molar-refractivity contribution is 6.39. The third kappa shape index (κ3) is 4.98. The van der Waals surface area contributed by atoms with Crippen LogP contribution in [-0.2, 0) is 22.4 Å². The maximum Gasteiger partial charge on any atom is 0.267 e. The van der Waals surface area contributed by atoms with Gasteiger partial charge in [-0.2, -0.15) is 5.10 Å². The van der Waals surface area contributed by atoms with Crippen LogP contribution in [0, 0.1) is 5.92 Å². The first-order valence-electron chi connectivity index (χ1n) is 7.76. The van der Waals surface area contributed by atoms with Gasteiger partial charge in [-0.1, -0.05) is 38.1 Å². The van der Waals surface area contributed by atoms with Gasteiger partial charge in [0.1, 0.15) is 5.71 Å².